The highest BCUT2D eigenvalue weighted by Gasteiger charge is 2.08. The molecular formula is C18H20N2O2. The molecule has 0 fully saturated rings. The first-order valence-electron chi connectivity index (χ1n) is 7.07. The van der Waals surface area contributed by atoms with Gasteiger partial charge in [0.1, 0.15) is 0 Å². The summed E-state index contributed by atoms with van der Waals surface area (Å²) in [6.45, 7) is 2.62. The molecule has 1 aromatic carbocycles. The maximum absolute atomic E-state index is 10.8. The molecule has 0 radical (unpaired) electrons. The van der Waals surface area contributed by atoms with Gasteiger partial charge in [-0.25, -0.2) is 4.79 Å². The lowest BCUT2D eigenvalue weighted by Crippen LogP contribution is -2.11. The van der Waals surface area contributed by atoms with Crippen molar-refractivity contribution in [3.05, 3.63) is 59.9 Å². The summed E-state index contributed by atoms with van der Waals surface area (Å²) in [5, 5.41) is 8.87. The molecule has 0 aliphatic carbocycles. The van der Waals surface area contributed by atoms with Crippen LogP contribution in [0.2, 0.25) is 0 Å². The summed E-state index contributed by atoms with van der Waals surface area (Å²) in [7, 11) is 4.07. The van der Waals surface area contributed by atoms with E-state index in [1.54, 1.807) is 13.1 Å². The summed E-state index contributed by atoms with van der Waals surface area (Å²) in [5.41, 5.74) is 4.83. The number of aromatic nitrogens is 1. The van der Waals surface area contributed by atoms with E-state index in [2.05, 4.69) is 22.0 Å². The molecular weight excluding hydrogens is 276 g/mol. The Bertz CT molecular complexity index is 706. The van der Waals surface area contributed by atoms with Gasteiger partial charge < -0.3 is 10.0 Å². The van der Waals surface area contributed by atoms with Gasteiger partial charge in [-0.15, -0.1) is 0 Å². The zero-order valence-corrected chi connectivity index (χ0v) is 13.1. The number of carbonyl (C=O) groups is 1. The lowest BCUT2D eigenvalue weighted by atomic mass is 9.98. The summed E-state index contributed by atoms with van der Waals surface area (Å²) in [6, 6.07) is 10.2. The summed E-state index contributed by atoms with van der Waals surface area (Å²) < 4.78 is 0. The van der Waals surface area contributed by atoms with Gasteiger partial charge in [-0.05, 0) is 49.3 Å². The molecule has 114 valence electrons. The van der Waals surface area contributed by atoms with Gasteiger partial charge in [-0.3, -0.25) is 4.98 Å². The standard InChI is InChI=1S/C18H20N2O2/c1-13(8-18(21)22)15-9-16(11-19-10-15)17-7-5-4-6-14(17)12-20(2)3/h4-11H,12H2,1-3H3,(H,21,22)/b13-8+. The van der Waals surface area contributed by atoms with E-state index in [1.807, 2.05) is 38.5 Å². The Morgan fingerprint density at radius 3 is 2.68 bits per heavy atom. The van der Waals surface area contributed by atoms with Crippen LogP contribution in [0.15, 0.2) is 48.8 Å². The predicted molar refractivity (Wildman–Crippen MR) is 88.4 cm³/mol. The first-order valence-corrected chi connectivity index (χ1v) is 7.07. The van der Waals surface area contributed by atoms with Gasteiger partial charge in [0.2, 0.25) is 0 Å². The molecule has 0 aliphatic rings. The van der Waals surface area contributed by atoms with E-state index in [1.165, 1.54) is 11.6 Å². The number of rotatable bonds is 5. The molecule has 2 rings (SSSR count). The van der Waals surface area contributed by atoms with Crippen LogP contribution in [-0.4, -0.2) is 35.1 Å². The number of nitrogens with zero attached hydrogens (tertiary/aromatic N) is 2. The topological polar surface area (TPSA) is 53.4 Å². The molecule has 1 aromatic heterocycles. The van der Waals surface area contributed by atoms with E-state index in [0.717, 1.165) is 23.2 Å². The van der Waals surface area contributed by atoms with Crippen LogP contribution in [0.25, 0.3) is 16.7 Å². The minimum absolute atomic E-state index is 0.687. The molecule has 0 aliphatic heterocycles. The summed E-state index contributed by atoms with van der Waals surface area (Å²) in [6.07, 6.45) is 4.70. The smallest absolute Gasteiger partial charge is 0.328 e. The molecule has 0 saturated carbocycles. The van der Waals surface area contributed by atoms with E-state index in [4.69, 9.17) is 5.11 Å². The van der Waals surface area contributed by atoms with Crippen LogP contribution >= 0.6 is 0 Å². The Hall–Kier alpha value is -2.46. The predicted octanol–water partition coefficient (Wildman–Crippen LogP) is 3.30. The van der Waals surface area contributed by atoms with Gasteiger partial charge in [0, 0.05) is 30.6 Å². The van der Waals surface area contributed by atoms with Crippen LogP contribution in [0, 0.1) is 0 Å². The van der Waals surface area contributed by atoms with Crippen LogP contribution in [-0.2, 0) is 11.3 Å². The van der Waals surface area contributed by atoms with Crippen LogP contribution in [0.4, 0.5) is 0 Å². The van der Waals surface area contributed by atoms with Crippen LogP contribution in [0.1, 0.15) is 18.1 Å². The molecule has 0 bridgehead atoms. The lowest BCUT2D eigenvalue weighted by Gasteiger charge is -2.14. The van der Waals surface area contributed by atoms with E-state index in [9.17, 15) is 4.79 Å². The van der Waals surface area contributed by atoms with Gasteiger partial charge in [0.05, 0.1) is 0 Å². The van der Waals surface area contributed by atoms with Crippen molar-refractivity contribution in [2.45, 2.75) is 13.5 Å². The average molecular weight is 296 g/mol. The fraction of sp³-hybridized carbons (Fsp3) is 0.222. The molecule has 0 spiro atoms. The van der Waals surface area contributed by atoms with Crippen molar-refractivity contribution >= 4 is 11.5 Å². The molecule has 1 N–H and O–H groups in total. The molecule has 1 heterocycles. The van der Waals surface area contributed by atoms with Gasteiger partial charge in [0.25, 0.3) is 0 Å². The molecule has 22 heavy (non-hydrogen) atoms. The fourth-order valence-corrected chi connectivity index (χ4v) is 2.35. The van der Waals surface area contributed by atoms with Gasteiger partial charge in [0.15, 0.2) is 0 Å². The number of carboxylic acid groups (broad SMARTS) is 1. The van der Waals surface area contributed by atoms with Crippen molar-refractivity contribution < 1.29 is 9.90 Å². The zero-order chi connectivity index (χ0) is 16.1. The monoisotopic (exact) mass is 296 g/mol. The number of pyridine rings is 1. The first kappa shape index (κ1) is 15.9. The van der Waals surface area contributed by atoms with E-state index < -0.39 is 5.97 Å². The van der Waals surface area contributed by atoms with Crippen molar-refractivity contribution in [3.8, 4) is 11.1 Å². The fourth-order valence-electron chi connectivity index (χ4n) is 2.35. The highest BCUT2D eigenvalue weighted by atomic mass is 16.4. The average Bonchev–Trinajstić information content (AvgIpc) is 2.46. The van der Waals surface area contributed by atoms with Crippen LogP contribution in [0.5, 0.6) is 0 Å². The van der Waals surface area contributed by atoms with Gasteiger partial charge >= 0.3 is 5.97 Å². The molecule has 4 heteroatoms. The second kappa shape index (κ2) is 7.00. The number of allylic oxidation sites excluding steroid dienone is 1. The third-order valence-corrected chi connectivity index (χ3v) is 3.35. The minimum Gasteiger partial charge on any atom is -0.478 e. The second-order valence-corrected chi connectivity index (χ2v) is 5.52. The number of benzene rings is 1. The maximum atomic E-state index is 10.8. The highest BCUT2D eigenvalue weighted by Crippen LogP contribution is 2.26. The van der Waals surface area contributed by atoms with Crippen molar-refractivity contribution in [3.63, 3.8) is 0 Å². The molecule has 4 nitrogen and oxygen atoms in total. The third-order valence-electron chi connectivity index (χ3n) is 3.35. The Balaban J connectivity index is 2.44. The summed E-state index contributed by atoms with van der Waals surface area (Å²) >= 11 is 0. The molecule has 0 unspecified atom stereocenters. The van der Waals surface area contributed by atoms with Crippen molar-refractivity contribution in [2.75, 3.05) is 14.1 Å². The summed E-state index contributed by atoms with van der Waals surface area (Å²) in [4.78, 5) is 17.2. The SMILES string of the molecule is C/C(=C\C(=O)O)c1cncc(-c2ccccc2CN(C)C)c1. The highest BCUT2D eigenvalue weighted by molar-refractivity contribution is 5.89. The third kappa shape index (κ3) is 4.02. The van der Waals surface area contributed by atoms with Crippen LogP contribution in [0.3, 0.4) is 0 Å². The normalized spacial score (nSPS) is 11.7. The largest absolute Gasteiger partial charge is 0.478 e. The van der Waals surface area contributed by atoms with Gasteiger partial charge in [-0.2, -0.15) is 0 Å². The maximum Gasteiger partial charge on any atom is 0.328 e. The summed E-state index contributed by atoms with van der Waals surface area (Å²) in [5.74, 6) is -0.948. The van der Waals surface area contributed by atoms with Crippen molar-refractivity contribution in [1.82, 2.24) is 9.88 Å². The number of hydrogen-bond donors (Lipinski definition) is 1. The molecule has 0 atom stereocenters. The van der Waals surface area contributed by atoms with Crippen molar-refractivity contribution in [1.29, 1.82) is 0 Å². The van der Waals surface area contributed by atoms with E-state index >= 15 is 0 Å². The quantitative estimate of drug-likeness (QED) is 0.860. The first-order chi connectivity index (χ1) is 10.5. The van der Waals surface area contributed by atoms with E-state index in [0.29, 0.717) is 5.57 Å². The number of hydrogen-bond acceptors (Lipinski definition) is 3. The number of aliphatic carboxylic acids is 1. The number of carboxylic acids is 1. The second-order valence-electron chi connectivity index (χ2n) is 5.52. The lowest BCUT2D eigenvalue weighted by molar-refractivity contribution is -0.131. The van der Waals surface area contributed by atoms with Crippen molar-refractivity contribution in [2.24, 2.45) is 0 Å². The Morgan fingerprint density at radius 2 is 2.00 bits per heavy atom. The Labute approximate surface area is 130 Å². The Kier molecular flexibility index (Phi) is 5.07. The van der Waals surface area contributed by atoms with Crippen LogP contribution < -0.4 is 0 Å². The molecule has 0 saturated heterocycles. The molecule has 0 amide bonds. The Morgan fingerprint density at radius 1 is 1.27 bits per heavy atom. The van der Waals surface area contributed by atoms with E-state index in [-0.39, 0.29) is 0 Å². The molecule has 2 aromatic rings. The minimum atomic E-state index is -0.948. The zero-order valence-electron chi connectivity index (χ0n) is 13.1. The van der Waals surface area contributed by atoms with Gasteiger partial charge in [-0.1, -0.05) is 24.3 Å².